The third-order valence-electron chi connectivity index (χ3n) is 6.74. The molecule has 0 heterocycles. The number of rotatable bonds is 8. The minimum atomic E-state index is -3.52. The maximum Gasteiger partial charge on any atom is 0.437 e. The number of carbonyl (C=O) groups is 1. The summed E-state index contributed by atoms with van der Waals surface area (Å²) < 4.78 is 28.0. The van der Waals surface area contributed by atoms with Gasteiger partial charge >= 0.3 is 6.09 Å². The second-order valence-corrected chi connectivity index (χ2v) is 10.5. The van der Waals surface area contributed by atoms with Crippen molar-refractivity contribution < 1.29 is 23.0 Å². The van der Waals surface area contributed by atoms with Gasteiger partial charge in [0, 0.05) is 29.8 Å². The number of oxime groups is 1. The van der Waals surface area contributed by atoms with Crippen LogP contribution in [0.3, 0.4) is 0 Å². The van der Waals surface area contributed by atoms with Crippen LogP contribution in [0.2, 0.25) is 0 Å². The first-order valence-corrected chi connectivity index (χ1v) is 11.9. The number of non-ortho nitro benzene ring substituents is 1. The summed E-state index contributed by atoms with van der Waals surface area (Å²) in [5, 5.41) is 17.3. The molecule has 10 nitrogen and oxygen atoms in total. The predicted molar refractivity (Wildman–Crippen MR) is 116 cm³/mol. The molecule has 2 atom stereocenters. The van der Waals surface area contributed by atoms with Crippen LogP contribution in [0.5, 0.6) is 0 Å². The monoisotopic (exact) mass is 452 g/mol. The Balaban J connectivity index is 1.74. The first-order valence-electron chi connectivity index (χ1n) is 10.3. The Labute approximate surface area is 181 Å². The highest BCUT2D eigenvalue weighted by molar-refractivity contribution is 7.89. The van der Waals surface area contributed by atoms with E-state index < -0.39 is 26.5 Å². The SMILES string of the molecule is CCCNS(=O)(=O)CC12CCC(C/C1=N\OC(=O)Nc1ccc([N+](=O)[O-])cc1)C2(C)C. The molecule has 0 spiro atoms. The average Bonchev–Trinajstić information content (AvgIpc) is 3.05. The van der Waals surface area contributed by atoms with E-state index in [1.54, 1.807) is 0 Å². The summed E-state index contributed by atoms with van der Waals surface area (Å²) in [5.74, 6) is 0.185. The van der Waals surface area contributed by atoms with E-state index in [-0.39, 0.29) is 22.8 Å². The zero-order chi connectivity index (χ0) is 22.9. The summed E-state index contributed by atoms with van der Waals surface area (Å²) in [5.41, 5.74) is -0.154. The lowest BCUT2D eigenvalue weighted by Crippen LogP contribution is -2.45. The molecule has 170 valence electrons. The molecule has 1 aromatic carbocycles. The summed E-state index contributed by atoms with van der Waals surface area (Å²) in [6.07, 6.45) is 2.02. The molecule has 31 heavy (non-hydrogen) atoms. The van der Waals surface area contributed by atoms with Crippen LogP contribution < -0.4 is 10.0 Å². The fraction of sp³-hybridized carbons (Fsp3) is 0.600. The Kier molecular flexibility index (Phi) is 6.38. The number of amides is 1. The van der Waals surface area contributed by atoms with Gasteiger partial charge in [-0.15, -0.1) is 0 Å². The third kappa shape index (κ3) is 4.57. The Morgan fingerprint density at radius 3 is 2.58 bits per heavy atom. The van der Waals surface area contributed by atoms with E-state index in [2.05, 4.69) is 29.0 Å². The second kappa shape index (κ2) is 8.54. The lowest BCUT2D eigenvalue weighted by Gasteiger charge is -2.37. The molecule has 2 aliphatic rings. The molecule has 11 heteroatoms. The molecule has 2 saturated carbocycles. The highest BCUT2D eigenvalue weighted by Gasteiger charge is 2.64. The highest BCUT2D eigenvalue weighted by Crippen LogP contribution is 2.64. The Bertz CT molecular complexity index is 989. The van der Waals surface area contributed by atoms with Gasteiger partial charge in [0.1, 0.15) is 0 Å². The number of fused-ring (bicyclic) bond motifs is 2. The van der Waals surface area contributed by atoms with Crippen molar-refractivity contribution in [3.63, 3.8) is 0 Å². The van der Waals surface area contributed by atoms with E-state index in [1.807, 2.05) is 6.92 Å². The van der Waals surface area contributed by atoms with E-state index in [1.165, 1.54) is 24.3 Å². The molecular formula is C20H28N4O6S. The van der Waals surface area contributed by atoms with Crippen molar-refractivity contribution in [2.75, 3.05) is 17.6 Å². The number of benzene rings is 1. The summed E-state index contributed by atoms with van der Waals surface area (Å²) >= 11 is 0. The maximum absolute atomic E-state index is 12.7. The molecule has 2 bridgehead atoms. The molecule has 3 rings (SSSR count). The number of nitrogens with one attached hydrogen (secondary N) is 2. The van der Waals surface area contributed by atoms with Crippen LogP contribution in [0.4, 0.5) is 16.2 Å². The molecule has 2 aliphatic carbocycles. The van der Waals surface area contributed by atoms with Crippen molar-refractivity contribution >= 4 is 33.2 Å². The minimum Gasteiger partial charge on any atom is -0.298 e. The van der Waals surface area contributed by atoms with Crippen LogP contribution in [0.1, 0.15) is 46.5 Å². The van der Waals surface area contributed by atoms with Crippen molar-refractivity contribution in [3.8, 4) is 0 Å². The van der Waals surface area contributed by atoms with Crippen molar-refractivity contribution in [1.82, 2.24) is 4.72 Å². The standard InChI is InChI=1S/C20H28N4O6S/c1-4-11-21-31(28,29)13-20-10-9-14(19(20,2)3)12-17(20)23-30-18(25)22-15-5-7-16(8-6-15)24(26)27/h5-8,14,21H,4,9-13H2,1-3H3,(H,22,25)/b23-17+. The summed E-state index contributed by atoms with van der Waals surface area (Å²) in [4.78, 5) is 27.4. The topological polar surface area (TPSA) is 140 Å². The smallest absolute Gasteiger partial charge is 0.298 e. The van der Waals surface area contributed by atoms with Gasteiger partial charge in [-0.1, -0.05) is 25.9 Å². The maximum atomic E-state index is 12.7. The van der Waals surface area contributed by atoms with Gasteiger partial charge < -0.3 is 0 Å². The molecule has 1 amide bonds. The van der Waals surface area contributed by atoms with Crippen LogP contribution in [0.15, 0.2) is 29.4 Å². The van der Waals surface area contributed by atoms with Crippen molar-refractivity contribution in [3.05, 3.63) is 34.4 Å². The van der Waals surface area contributed by atoms with Crippen LogP contribution in [-0.4, -0.2) is 37.4 Å². The third-order valence-corrected chi connectivity index (χ3v) is 8.25. The first-order chi connectivity index (χ1) is 14.5. The van der Waals surface area contributed by atoms with Gasteiger partial charge in [-0.25, -0.2) is 17.9 Å². The molecule has 0 saturated heterocycles. The van der Waals surface area contributed by atoms with Crippen LogP contribution in [0, 0.1) is 26.9 Å². The normalized spacial score (nSPS) is 25.5. The lowest BCUT2D eigenvalue weighted by molar-refractivity contribution is -0.384. The summed E-state index contributed by atoms with van der Waals surface area (Å²) in [7, 11) is -3.52. The van der Waals surface area contributed by atoms with Crippen molar-refractivity contribution in [2.45, 2.75) is 46.5 Å². The Morgan fingerprint density at radius 1 is 1.32 bits per heavy atom. The van der Waals surface area contributed by atoms with E-state index in [0.29, 0.717) is 37.2 Å². The zero-order valence-corrected chi connectivity index (χ0v) is 18.7. The van der Waals surface area contributed by atoms with Crippen molar-refractivity contribution in [1.29, 1.82) is 0 Å². The molecular weight excluding hydrogens is 424 g/mol. The quantitative estimate of drug-likeness (QED) is 0.350. The zero-order valence-electron chi connectivity index (χ0n) is 17.9. The summed E-state index contributed by atoms with van der Waals surface area (Å²) in [6.45, 7) is 6.39. The highest BCUT2D eigenvalue weighted by atomic mass is 32.2. The van der Waals surface area contributed by atoms with Crippen LogP contribution in [0.25, 0.3) is 0 Å². The fourth-order valence-electron chi connectivity index (χ4n) is 4.80. The Hall–Kier alpha value is -2.53. The second-order valence-electron chi connectivity index (χ2n) is 8.74. The molecule has 2 unspecified atom stereocenters. The molecule has 0 aliphatic heterocycles. The van der Waals surface area contributed by atoms with Gasteiger partial charge in [-0.05, 0) is 49.1 Å². The summed E-state index contributed by atoms with van der Waals surface area (Å²) in [6, 6.07) is 5.31. The first kappa shape index (κ1) is 23.1. The van der Waals surface area contributed by atoms with Gasteiger partial charge in [0.25, 0.3) is 5.69 Å². The average molecular weight is 453 g/mol. The molecule has 2 N–H and O–H groups in total. The van der Waals surface area contributed by atoms with E-state index >= 15 is 0 Å². The number of nitrogens with zero attached hydrogens (tertiary/aromatic N) is 2. The number of sulfonamides is 1. The fourth-order valence-corrected chi connectivity index (χ4v) is 6.75. The van der Waals surface area contributed by atoms with E-state index in [9.17, 15) is 23.3 Å². The Morgan fingerprint density at radius 2 is 2.00 bits per heavy atom. The number of nitro benzene ring substituents is 1. The van der Waals surface area contributed by atoms with Gasteiger partial charge in [-0.3, -0.25) is 20.3 Å². The molecule has 1 aromatic rings. The lowest BCUT2D eigenvalue weighted by atomic mass is 9.70. The molecule has 0 radical (unpaired) electrons. The van der Waals surface area contributed by atoms with E-state index in [0.717, 1.165) is 6.42 Å². The van der Waals surface area contributed by atoms with Crippen LogP contribution in [-0.2, 0) is 14.9 Å². The number of carbonyl (C=O) groups excluding carboxylic acids is 1. The number of anilines is 1. The number of nitro groups is 1. The van der Waals surface area contributed by atoms with E-state index in [4.69, 9.17) is 4.84 Å². The largest absolute Gasteiger partial charge is 0.437 e. The van der Waals surface area contributed by atoms with Crippen LogP contribution >= 0.6 is 0 Å². The number of hydrogen-bond donors (Lipinski definition) is 2. The minimum absolute atomic E-state index is 0.0876. The predicted octanol–water partition coefficient (Wildman–Crippen LogP) is 3.66. The molecule has 2 fully saturated rings. The number of hydrogen-bond acceptors (Lipinski definition) is 7. The van der Waals surface area contributed by atoms with Crippen molar-refractivity contribution in [2.24, 2.45) is 21.9 Å². The molecule has 0 aromatic heterocycles. The van der Waals surface area contributed by atoms with Gasteiger partial charge in [0.2, 0.25) is 10.0 Å². The van der Waals surface area contributed by atoms with Gasteiger partial charge in [0.15, 0.2) is 0 Å². The van der Waals surface area contributed by atoms with Gasteiger partial charge in [-0.2, -0.15) is 0 Å². The van der Waals surface area contributed by atoms with Gasteiger partial charge in [0.05, 0.1) is 16.4 Å².